The van der Waals surface area contributed by atoms with Crippen molar-refractivity contribution in [3.05, 3.63) is 36.2 Å². The van der Waals surface area contributed by atoms with Crippen LogP contribution in [0.25, 0.3) is 11.0 Å². The molecular formula is C9H7BrN2. The molecule has 2 aromatic rings. The van der Waals surface area contributed by atoms with E-state index in [1.54, 1.807) is 6.20 Å². The molecule has 0 aliphatic rings. The molecule has 0 radical (unpaired) electrons. The van der Waals surface area contributed by atoms with Crippen molar-refractivity contribution in [1.29, 1.82) is 0 Å². The van der Waals surface area contributed by atoms with Gasteiger partial charge in [-0.05, 0) is 24.3 Å². The Bertz CT molecular complexity index is 400. The summed E-state index contributed by atoms with van der Waals surface area (Å²) in [5, 5.41) is 0.790. The Balaban J connectivity index is 2.67. The van der Waals surface area contributed by atoms with Gasteiger partial charge in [-0.1, -0.05) is 15.9 Å². The van der Waals surface area contributed by atoms with Crippen molar-refractivity contribution in [2.45, 2.75) is 5.33 Å². The number of pyridine rings is 2. The predicted molar refractivity (Wildman–Crippen MR) is 52.2 cm³/mol. The fourth-order valence-electron chi connectivity index (χ4n) is 1.07. The first-order chi connectivity index (χ1) is 5.90. The van der Waals surface area contributed by atoms with Gasteiger partial charge in [0, 0.05) is 11.5 Å². The highest BCUT2D eigenvalue weighted by atomic mass is 79.9. The monoisotopic (exact) mass is 222 g/mol. The predicted octanol–water partition coefficient (Wildman–Crippen LogP) is 2.52. The van der Waals surface area contributed by atoms with E-state index >= 15 is 0 Å². The number of hydrogen-bond donors (Lipinski definition) is 0. The topological polar surface area (TPSA) is 25.8 Å². The lowest BCUT2D eigenvalue weighted by molar-refractivity contribution is 1.22. The SMILES string of the molecule is BrCc1ccc2ncccc2n1. The van der Waals surface area contributed by atoms with Crippen molar-refractivity contribution in [3.8, 4) is 0 Å². The third kappa shape index (κ3) is 1.32. The summed E-state index contributed by atoms with van der Waals surface area (Å²) < 4.78 is 0. The molecule has 0 bridgehead atoms. The number of fused-ring (bicyclic) bond motifs is 1. The molecule has 0 amide bonds. The third-order valence-electron chi connectivity index (χ3n) is 1.65. The van der Waals surface area contributed by atoms with Crippen molar-refractivity contribution in [3.63, 3.8) is 0 Å². The number of halogens is 1. The third-order valence-corrected chi connectivity index (χ3v) is 2.23. The van der Waals surface area contributed by atoms with Crippen LogP contribution >= 0.6 is 15.9 Å². The van der Waals surface area contributed by atoms with Crippen LogP contribution in [0.5, 0.6) is 0 Å². The molecule has 60 valence electrons. The Hall–Kier alpha value is -0.960. The highest BCUT2D eigenvalue weighted by Crippen LogP contribution is 2.10. The van der Waals surface area contributed by atoms with Gasteiger partial charge in [0.15, 0.2) is 0 Å². The number of rotatable bonds is 1. The van der Waals surface area contributed by atoms with Crippen molar-refractivity contribution >= 4 is 27.0 Å². The fraction of sp³-hybridized carbons (Fsp3) is 0.111. The number of alkyl halides is 1. The van der Waals surface area contributed by atoms with Crippen molar-refractivity contribution in [2.75, 3.05) is 0 Å². The maximum Gasteiger partial charge on any atom is 0.0890 e. The van der Waals surface area contributed by atoms with Gasteiger partial charge in [-0.3, -0.25) is 9.97 Å². The van der Waals surface area contributed by atoms with Gasteiger partial charge in [-0.2, -0.15) is 0 Å². The standard InChI is InChI=1S/C9H7BrN2/c10-6-7-3-4-8-9(12-7)2-1-5-11-8/h1-5H,6H2. The van der Waals surface area contributed by atoms with Crippen LogP contribution in [0.4, 0.5) is 0 Å². The second kappa shape index (κ2) is 3.19. The Morgan fingerprint density at radius 1 is 1.17 bits per heavy atom. The first-order valence-electron chi connectivity index (χ1n) is 3.67. The zero-order valence-corrected chi connectivity index (χ0v) is 7.95. The normalized spacial score (nSPS) is 10.4. The number of nitrogens with zero attached hydrogens (tertiary/aromatic N) is 2. The minimum atomic E-state index is 0.790. The van der Waals surface area contributed by atoms with E-state index in [4.69, 9.17) is 0 Å². The van der Waals surface area contributed by atoms with Crippen LogP contribution < -0.4 is 0 Å². The first kappa shape index (κ1) is 7.68. The minimum absolute atomic E-state index is 0.790. The zero-order chi connectivity index (χ0) is 8.39. The van der Waals surface area contributed by atoms with E-state index in [1.165, 1.54) is 0 Å². The van der Waals surface area contributed by atoms with Gasteiger partial charge in [0.1, 0.15) is 0 Å². The summed E-state index contributed by atoms with van der Waals surface area (Å²) >= 11 is 3.36. The zero-order valence-electron chi connectivity index (χ0n) is 6.37. The summed E-state index contributed by atoms with van der Waals surface area (Å²) in [4.78, 5) is 8.56. The molecule has 2 rings (SSSR count). The van der Waals surface area contributed by atoms with Crippen molar-refractivity contribution in [2.24, 2.45) is 0 Å². The summed E-state index contributed by atoms with van der Waals surface area (Å²) in [6, 6.07) is 7.82. The van der Waals surface area contributed by atoms with Gasteiger partial charge in [-0.25, -0.2) is 0 Å². The Kier molecular flexibility index (Phi) is 2.04. The maximum atomic E-state index is 4.38. The second-order valence-electron chi connectivity index (χ2n) is 2.48. The Morgan fingerprint density at radius 3 is 2.92 bits per heavy atom. The van der Waals surface area contributed by atoms with Crippen molar-refractivity contribution < 1.29 is 0 Å². The van der Waals surface area contributed by atoms with Crippen LogP contribution in [0.3, 0.4) is 0 Å². The molecule has 2 heterocycles. The Labute approximate surface area is 78.8 Å². The highest BCUT2D eigenvalue weighted by molar-refractivity contribution is 9.08. The molecule has 0 saturated heterocycles. The molecule has 0 N–H and O–H groups in total. The molecule has 12 heavy (non-hydrogen) atoms. The molecule has 0 atom stereocenters. The molecule has 0 aliphatic heterocycles. The average molecular weight is 223 g/mol. The van der Waals surface area contributed by atoms with Gasteiger partial charge in [0.2, 0.25) is 0 Å². The molecule has 0 saturated carbocycles. The van der Waals surface area contributed by atoms with Gasteiger partial charge in [-0.15, -0.1) is 0 Å². The molecule has 0 aromatic carbocycles. The van der Waals surface area contributed by atoms with E-state index in [1.807, 2.05) is 24.3 Å². The lowest BCUT2D eigenvalue weighted by atomic mass is 10.3. The highest BCUT2D eigenvalue weighted by Gasteiger charge is 1.95. The molecule has 0 spiro atoms. The van der Waals surface area contributed by atoms with Crippen LogP contribution in [0.2, 0.25) is 0 Å². The quantitative estimate of drug-likeness (QED) is 0.694. The van der Waals surface area contributed by atoms with Gasteiger partial charge in [0.05, 0.1) is 16.7 Å². The number of hydrogen-bond acceptors (Lipinski definition) is 2. The van der Waals surface area contributed by atoms with Crippen LogP contribution in [-0.2, 0) is 5.33 Å². The van der Waals surface area contributed by atoms with E-state index in [2.05, 4.69) is 25.9 Å². The summed E-state index contributed by atoms with van der Waals surface area (Å²) in [6.45, 7) is 0. The van der Waals surface area contributed by atoms with Gasteiger partial charge >= 0.3 is 0 Å². The molecule has 2 aromatic heterocycles. The summed E-state index contributed by atoms with van der Waals surface area (Å²) in [6.07, 6.45) is 1.78. The summed E-state index contributed by atoms with van der Waals surface area (Å²) in [5.41, 5.74) is 2.94. The van der Waals surface area contributed by atoms with Crippen LogP contribution in [-0.4, -0.2) is 9.97 Å². The van der Waals surface area contributed by atoms with E-state index < -0.39 is 0 Å². The van der Waals surface area contributed by atoms with E-state index in [0.717, 1.165) is 22.1 Å². The molecule has 2 nitrogen and oxygen atoms in total. The largest absolute Gasteiger partial charge is 0.255 e. The van der Waals surface area contributed by atoms with Crippen LogP contribution in [0, 0.1) is 0 Å². The fourth-order valence-corrected chi connectivity index (χ4v) is 1.39. The molecule has 0 aliphatic carbocycles. The lowest BCUT2D eigenvalue weighted by Crippen LogP contribution is -1.86. The molecule has 0 fully saturated rings. The van der Waals surface area contributed by atoms with Crippen LogP contribution in [0.15, 0.2) is 30.5 Å². The van der Waals surface area contributed by atoms with Crippen LogP contribution in [0.1, 0.15) is 5.69 Å². The molecule has 0 unspecified atom stereocenters. The van der Waals surface area contributed by atoms with Gasteiger partial charge < -0.3 is 0 Å². The Morgan fingerprint density at radius 2 is 2.08 bits per heavy atom. The maximum absolute atomic E-state index is 4.38. The van der Waals surface area contributed by atoms with E-state index in [0.29, 0.717) is 0 Å². The molecule has 3 heteroatoms. The smallest absolute Gasteiger partial charge is 0.0890 e. The summed E-state index contributed by atoms with van der Waals surface area (Å²) in [7, 11) is 0. The lowest BCUT2D eigenvalue weighted by Gasteiger charge is -1.97. The minimum Gasteiger partial charge on any atom is -0.255 e. The van der Waals surface area contributed by atoms with Gasteiger partial charge in [0.25, 0.3) is 0 Å². The van der Waals surface area contributed by atoms with E-state index in [9.17, 15) is 0 Å². The van der Waals surface area contributed by atoms with Crippen molar-refractivity contribution in [1.82, 2.24) is 9.97 Å². The van der Waals surface area contributed by atoms with E-state index in [-0.39, 0.29) is 0 Å². The average Bonchev–Trinajstić information content (AvgIpc) is 2.17. The number of aromatic nitrogens is 2. The molecular weight excluding hydrogens is 216 g/mol. The summed E-state index contributed by atoms with van der Waals surface area (Å²) in [5.74, 6) is 0. The first-order valence-corrected chi connectivity index (χ1v) is 4.79. The second-order valence-corrected chi connectivity index (χ2v) is 3.04.